The second-order valence-electron chi connectivity index (χ2n) is 3.50. The summed E-state index contributed by atoms with van der Waals surface area (Å²) in [5, 5.41) is 0. The first-order chi connectivity index (χ1) is 7.31. The van der Waals surface area contributed by atoms with Crippen LogP contribution in [0.15, 0.2) is 18.2 Å². The molecule has 0 saturated carbocycles. The highest BCUT2D eigenvalue weighted by Crippen LogP contribution is 2.15. The number of aromatic nitrogens is 2. The van der Waals surface area contributed by atoms with Crippen molar-refractivity contribution in [1.29, 1.82) is 0 Å². The number of hydrogen-bond acceptors (Lipinski definition) is 3. The van der Waals surface area contributed by atoms with Crippen LogP contribution in [0, 0.1) is 6.92 Å². The van der Waals surface area contributed by atoms with E-state index in [-0.39, 0.29) is 0 Å². The molecule has 2 aromatic rings. The number of rotatable bonds is 4. The number of fused-ring (bicyclic) bond motifs is 1. The molecule has 0 aliphatic heterocycles. The van der Waals surface area contributed by atoms with E-state index in [4.69, 9.17) is 10.5 Å². The van der Waals surface area contributed by atoms with Gasteiger partial charge in [-0.15, -0.1) is 0 Å². The van der Waals surface area contributed by atoms with Gasteiger partial charge in [0.1, 0.15) is 12.4 Å². The van der Waals surface area contributed by atoms with Gasteiger partial charge in [-0.3, -0.25) is 0 Å². The van der Waals surface area contributed by atoms with Crippen molar-refractivity contribution in [2.45, 2.75) is 13.5 Å². The topological polar surface area (TPSA) is 63.9 Å². The lowest BCUT2D eigenvalue weighted by Gasteiger charge is -1.97. The van der Waals surface area contributed by atoms with E-state index in [1.807, 2.05) is 25.1 Å². The molecule has 1 heterocycles. The molecule has 2 rings (SSSR count). The number of aromatic amines is 1. The van der Waals surface area contributed by atoms with E-state index in [1.165, 1.54) is 5.56 Å². The molecular formula is C11H15N3O. The zero-order chi connectivity index (χ0) is 10.7. The van der Waals surface area contributed by atoms with Gasteiger partial charge < -0.3 is 15.5 Å². The number of nitrogens with zero attached hydrogens (tertiary/aromatic N) is 1. The van der Waals surface area contributed by atoms with Crippen molar-refractivity contribution in [2.75, 3.05) is 13.2 Å². The number of nitrogens with one attached hydrogen (secondary N) is 1. The smallest absolute Gasteiger partial charge is 0.133 e. The Morgan fingerprint density at radius 3 is 3.07 bits per heavy atom. The molecule has 0 radical (unpaired) electrons. The molecular weight excluding hydrogens is 190 g/mol. The number of ether oxygens (including phenoxy) is 1. The van der Waals surface area contributed by atoms with E-state index >= 15 is 0 Å². The maximum absolute atomic E-state index is 5.34. The molecule has 0 amide bonds. The predicted octanol–water partition coefficient (Wildman–Crippen LogP) is 1.35. The van der Waals surface area contributed by atoms with Gasteiger partial charge in [0, 0.05) is 6.54 Å². The number of H-pyrrole nitrogens is 1. The first-order valence-corrected chi connectivity index (χ1v) is 5.03. The highest BCUT2D eigenvalue weighted by molar-refractivity contribution is 5.78. The summed E-state index contributed by atoms with van der Waals surface area (Å²) in [6.07, 6.45) is 0. The molecule has 0 bridgehead atoms. The SMILES string of the molecule is Cc1cccc2[nH]c(COCCN)nc12. The van der Waals surface area contributed by atoms with Crippen LogP contribution in [0.4, 0.5) is 0 Å². The van der Waals surface area contributed by atoms with Crippen molar-refractivity contribution < 1.29 is 4.74 Å². The summed E-state index contributed by atoms with van der Waals surface area (Å²) in [6.45, 7) is 3.65. The third-order valence-corrected chi connectivity index (χ3v) is 2.26. The van der Waals surface area contributed by atoms with Crippen molar-refractivity contribution in [3.05, 3.63) is 29.6 Å². The van der Waals surface area contributed by atoms with Gasteiger partial charge in [0.05, 0.1) is 17.6 Å². The Morgan fingerprint density at radius 1 is 1.47 bits per heavy atom. The van der Waals surface area contributed by atoms with Crippen LogP contribution in [0.5, 0.6) is 0 Å². The molecule has 0 saturated heterocycles. The zero-order valence-corrected chi connectivity index (χ0v) is 8.79. The van der Waals surface area contributed by atoms with Crippen LogP contribution in [-0.4, -0.2) is 23.1 Å². The molecule has 0 spiro atoms. The van der Waals surface area contributed by atoms with Gasteiger partial charge in [0.15, 0.2) is 0 Å². The molecule has 1 aromatic carbocycles. The molecule has 0 unspecified atom stereocenters. The maximum Gasteiger partial charge on any atom is 0.133 e. The maximum atomic E-state index is 5.34. The molecule has 15 heavy (non-hydrogen) atoms. The summed E-state index contributed by atoms with van der Waals surface area (Å²) in [6, 6.07) is 6.08. The summed E-state index contributed by atoms with van der Waals surface area (Å²) >= 11 is 0. The number of benzene rings is 1. The van der Waals surface area contributed by atoms with Gasteiger partial charge in [-0.25, -0.2) is 4.98 Å². The van der Waals surface area contributed by atoms with Crippen molar-refractivity contribution in [3.63, 3.8) is 0 Å². The predicted molar refractivity (Wildman–Crippen MR) is 59.5 cm³/mol. The highest BCUT2D eigenvalue weighted by Gasteiger charge is 2.03. The molecule has 0 aliphatic rings. The monoisotopic (exact) mass is 205 g/mol. The largest absolute Gasteiger partial charge is 0.372 e. The second-order valence-corrected chi connectivity index (χ2v) is 3.50. The van der Waals surface area contributed by atoms with E-state index in [1.54, 1.807) is 0 Å². The van der Waals surface area contributed by atoms with Crippen LogP contribution in [0.2, 0.25) is 0 Å². The highest BCUT2D eigenvalue weighted by atomic mass is 16.5. The number of para-hydroxylation sites is 1. The first-order valence-electron chi connectivity index (χ1n) is 5.03. The fourth-order valence-electron chi connectivity index (χ4n) is 1.55. The Morgan fingerprint density at radius 2 is 2.33 bits per heavy atom. The van der Waals surface area contributed by atoms with Crippen LogP contribution in [0.3, 0.4) is 0 Å². The van der Waals surface area contributed by atoms with Crippen LogP contribution in [-0.2, 0) is 11.3 Å². The van der Waals surface area contributed by atoms with E-state index in [0.29, 0.717) is 19.8 Å². The van der Waals surface area contributed by atoms with Crippen LogP contribution in [0.25, 0.3) is 11.0 Å². The molecule has 4 nitrogen and oxygen atoms in total. The van der Waals surface area contributed by atoms with Crippen molar-refractivity contribution >= 4 is 11.0 Å². The summed E-state index contributed by atoms with van der Waals surface area (Å²) in [5.74, 6) is 0.854. The van der Waals surface area contributed by atoms with Gasteiger partial charge in [0.25, 0.3) is 0 Å². The fourth-order valence-corrected chi connectivity index (χ4v) is 1.55. The summed E-state index contributed by atoms with van der Waals surface area (Å²) in [7, 11) is 0. The normalized spacial score (nSPS) is 11.1. The molecule has 4 heteroatoms. The lowest BCUT2D eigenvalue weighted by Crippen LogP contribution is -2.08. The molecule has 0 aliphatic carbocycles. The van der Waals surface area contributed by atoms with Crippen molar-refractivity contribution in [1.82, 2.24) is 9.97 Å². The van der Waals surface area contributed by atoms with E-state index in [2.05, 4.69) is 9.97 Å². The van der Waals surface area contributed by atoms with Gasteiger partial charge in [-0.05, 0) is 18.6 Å². The van der Waals surface area contributed by atoms with Crippen LogP contribution in [0.1, 0.15) is 11.4 Å². The Labute approximate surface area is 88.5 Å². The standard InChI is InChI=1S/C11H15N3O/c1-8-3-2-4-9-11(8)14-10(13-9)7-15-6-5-12/h2-4H,5-7,12H2,1H3,(H,13,14). The van der Waals surface area contributed by atoms with Crippen molar-refractivity contribution in [2.24, 2.45) is 5.73 Å². The third-order valence-electron chi connectivity index (χ3n) is 2.26. The summed E-state index contributed by atoms with van der Waals surface area (Å²) in [5.41, 5.74) is 8.59. The third kappa shape index (κ3) is 2.16. The zero-order valence-electron chi connectivity index (χ0n) is 8.79. The van der Waals surface area contributed by atoms with Crippen LogP contribution >= 0.6 is 0 Å². The number of nitrogens with two attached hydrogens (primary N) is 1. The van der Waals surface area contributed by atoms with Crippen LogP contribution < -0.4 is 5.73 Å². The van der Waals surface area contributed by atoms with E-state index in [0.717, 1.165) is 16.9 Å². The second kappa shape index (κ2) is 4.42. The minimum atomic E-state index is 0.491. The van der Waals surface area contributed by atoms with E-state index < -0.39 is 0 Å². The Hall–Kier alpha value is -1.39. The number of hydrogen-bond donors (Lipinski definition) is 2. The minimum Gasteiger partial charge on any atom is -0.372 e. The molecule has 1 aromatic heterocycles. The Balaban J connectivity index is 2.20. The van der Waals surface area contributed by atoms with Gasteiger partial charge >= 0.3 is 0 Å². The molecule has 80 valence electrons. The van der Waals surface area contributed by atoms with Gasteiger partial charge in [0.2, 0.25) is 0 Å². The lowest BCUT2D eigenvalue weighted by molar-refractivity contribution is 0.123. The van der Waals surface area contributed by atoms with Crippen molar-refractivity contribution in [3.8, 4) is 0 Å². The summed E-state index contributed by atoms with van der Waals surface area (Å²) in [4.78, 5) is 7.68. The quantitative estimate of drug-likeness (QED) is 0.740. The number of aryl methyl sites for hydroxylation is 1. The van der Waals surface area contributed by atoms with Gasteiger partial charge in [-0.1, -0.05) is 12.1 Å². The molecule has 0 fully saturated rings. The summed E-state index contributed by atoms with van der Waals surface area (Å²) < 4.78 is 5.32. The number of imidazole rings is 1. The van der Waals surface area contributed by atoms with Gasteiger partial charge in [-0.2, -0.15) is 0 Å². The lowest BCUT2D eigenvalue weighted by atomic mass is 10.2. The Bertz CT molecular complexity index is 450. The molecule has 3 N–H and O–H groups in total. The fraction of sp³-hybridized carbons (Fsp3) is 0.364. The average Bonchev–Trinajstić information content (AvgIpc) is 2.63. The first kappa shape index (κ1) is 10.1. The molecule has 0 atom stereocenters. The van der Waals surface area contributed by atoms with E-state index in [9.17, 15) is 0 Å². The average molecular weight is 205 g/mol. The minimum absolute atomic E-state index is 0.491. The Kier molecular flexibility index (Phi) is 2.99.